The smallest absolute Gasteiger partial charge is 0.319 e. The summed E-state index contributed by atoms with van der Waals surface area (Å²) in [5.74, 6) is -34.1. The monoisotopic (exact) mass is 433 g/mol. The Balaban J connectivity index is 3.46. The van der Waals surface area contributed by atoms with E-state index in [0.717, 1.165) is 0 Å². The first-order valence-electron chi connectivity index (χ1n) is 5.91. The molecule has 1 aromatic carbocycles. The normalized spacial score (nSPS) is 14.5. The summed E-state index contributed by atoms with van der Waals surface area (Å²) >= 11 is 0. The van der Waals surface area contributed by atoms with Crippen molar-refractivity contribution in [2.75, 3.05) is 5.32 Å². The molecule has 27 heavy (non-hydrogen) atoms. The molecular weight excluding hydrogens is 431 g/mol. The minimum Gasteiger partial charge on any atom is -0.319 e. The van der Waals surface area contributed by atoms with E-state index in [-0.39, 0.29) is 5.32 Å². The highest BCUT2D eigenvalue weighted by Crippen LogP contribution is 2.57. The van der Waals surface area contributed by atoms with Crippen molar-refractivity contribution in [3.05, 3.63) is 29.3 Å². The van der Waals surface area contributed by atoms with Crippen LogP contribution in [0.1, 0.15) is 0 Å². The first-order valence-corrected chi connectivity index (χ1v) is 5.91. The Morgan fingerprint density at radius 2 is 1.00 bits per heavy atom. The van der Waals surface area contributed by atoms with Crippen LogP contribution in [0.2, 0.25) is 0 Å². The van der Waals surface area contributed by atoms with Gasteiger partial charge in [-0.15, -0.1) is 0 Å². The molecule has 0 radical (unpaired) electrons. The van der Waals surface area contributed by atoms with E-state index in [2.05, 4.69) is 0 Å². The van der Waals surface area contributed by atoms with Gasteiger partial charge in [0.2, 0.25) is 0 Å². The SMILES string of the molecule is Fc1cc(NC(F)(F)C(F)(F)C(F)(F)C(F)(F)C(F)(F)F)c(F)c(F)c1F. The molecule has 0 saturated heterocycles. The van der Waals surface area contributed by atoms with Crippen LogP contribution in [0.3, 0.4) is 0 Å². The van der Waals surface area contributed by atoms with E-state index in [0.29, 0.717) is 0 Å². The van der Waals surface area contributed by atoms with Crippen molar-refractivity contribution in [3.8, 4) is 0 Å². The van der Waals surface area contributed by atoms with Gasteiger partial charge in [0.15, 0.2) is 23.3 Å². The Kier molecular flexibility index (Phi) is 5.33. The first-order chi connectivity index (χ1) is 11.7. The number of hydrogen-bond donors (Lipinski definition) is 1. The standard InChI is InChI=1S/C11H2F15N/c12-2-1-3(5(14)6(15)4(2)13)27-11(25,26)9(20,21)7(16,17)8(18,19)10(22,23)24/h1,27H. The van der Waals surface area contributed by atoms with E-state index in [9.17, 15) is 65.9 Å². The van der Waals surface area contributed by atoms with E-state index in [1.807, 2.05) is 0 Å². The van der Waals surface area contributed by atoms with Gasteiger partial charge >= 0.3 is 30.0 Å². The second-order valence-corrected chi connectivity index (χ2v) is 4.77. The second-order valence-electron chi connectivity index (χ2n) is 4.77. The Bertz CT molecular complexity index is 719. The van der Waals surface area contributed by atoms with Crippen LogP contribution in [0.5, 0.6) is 0 Å². The quantitative estimate of drug-likeness (QED) is 0.271. The van der Waals surface area contributed by atoms with Gasteiger partial charge in [-0.2, -0.15) is 48.3 Å². The molecule has 156 valence electrons. The van der Waals surface area contributed by atoms with E-state index >= 15 is 0 Å². The third kappa shape index (κ3) is 3.33. The molecule has 0 heterocycles. The Hall–Kier alpha value is -2.03. The molecule has 0 aliphatic rings. The number of nitrogens with one attached hydrogen (secondary N) is 1. The number of benzene rings is 1. The Labute approximate surface area is 137 Å². The second kappa shape index (κ2) is 6.25. The number of rotatable bonds is 5. The van der Waals surface area contributed by atoms with E-state index in [1.54, 1.807) is 0 Å². The van der Waals surface area contributed by atoms with Crippen LogP contribution in [0.15, 0.2) is 6.07 Å². The highest BCUT2D eigenvalue weighted by Gasteiger charge is 2.87. The molecule has 0 spiro atoms. The Morgan fingerprint density at radius 1 is 0.556 bits per heavy atom. The molecule has 0 fully saturated rings. The van der Waals surface area contributed by atoms with Gasteiger partial charge in [-0.25, -0.2) is 17.6 Å². The number of alkyl halides is 11. The molecule has 0 amide bonds. The fourth-order valence-electron chi connectivity index (χ4n) is 1.48. The minimum absolute atomic E-state index is 0.320. The van der Waals surface area contributed by atoms with Crippen LogP contribution in [-0.2, 0) is 0 Å². The van der Waals surface area contributed by atoms with Crippen molar-refractivity contribution in [2.45, 2.75) is 30.0 Å². The van der Waals surface area contributed by atoms with Crippen molar-refractivity contribution in [2.24, 2.45) is 0 Å². The third-order valence-corrected chi connectivity index (χ3v) is 2.93. The lowest BCUT2D eigenvalue weighted by Gasteiger charge is -2.37. The average molecular weight is 433 g/mol. The molecule has 0 aromatic heterocycles. The lowest BCUT2D eigenvalue weighted by Crippen LogP contribution is -2.68. The van der Waals surface area contributed by atoms with Crippen LogP contribution in [0.25, 0.3) is 0 Å². The van der Waals surface area contributed by atoms with Crippen molar-refractivity contribution in [1.29, 1.82) is 0 Å². The summed E-state index contributed by atoms with van der Waals surface area (Å²) in [5.41, 5.74) is -2.47. The fraction of sp³-hybridized carbons (Fsp3) is 0.455. The lowest BCUT2D eigenvalue weighted by molar-refractivity contribution is -0.419. The van der Waals surface area contributed by atoms with Gasteiger partial charge in [-0.05, 0) is 0 Å². The third-order valence-electron chi connectivity index (χ3n) is 2.93. The summed E-state index contributed by atoms with van der Waals surface area (Å²) < 4.78 is 191. The van der Waals surface area contributed by atoms with E-state index < -0.39 is 65.0 Å². The molecule has 1 N–H and O–H groups in total. The summed E-state index contributed by atoms with van der Waals surface area (Å²) in [6, 6.07) is -7.62. The van der Waals surface area contributed by atoms with Crippen LogP contribution in [0.4, 0.5) is 71.5 Å². The molecule has 16 heteroatoms. The summed E-state index contributed by atoms with van der Waals surface area (Å²) in [6.07, 6.45) is -7.42. The molecular formula is C11H2F15N. The van der Waals surface area contributed by atoms with Gasteiger partial charge in [-0.3, -0.25) is 0 Å². The molecule has 1 rings (SSSR count). The van der Waals surface area contributed by atoms with E-state index in [4.69, 9.17) is 0 Å². The van der Waals surface area contributed by atoms with Gasteiger partial charge in [0.25, 0.3) is 0 Å². The molecule has 0 bridgehead atoms. The van der Waals surface area contributed by atoms with E-state index in [1.165, 1.54) is 0 Å². The topological polar surface area (TPSA) is 12.0 Å². The number of halogens is 15. The maximum atomic E-state index is 13.3. The van der Waals surface area contributed by atoms with Crippen LogP contribution in [0, 0.1) is 23.3 Å². The van der Waals surface area contributed by atoms with Crippen LogP contribution >= 0.6 is 0 Å². The Morgan fingerprint density at radius 3 is 1.41 bits per heavy atom. The van der Waals surface area contributed by atoms with Crippen molar-refractivity contribution < 1.29 is 65.9 Å². The van der Waals surface area contributed by atoms with Crippen molar-refractivity contribution >= 4 is 5.69 Å². The van der Waals surface area contributed by atoms with Gasteiger partial charge < -0.3 is 5.32 Å². The summed E-state index contributed by atoms with van der Waals surface area (Å²) in [5, 5.41) is -0.320. The largest absolute Gasteiger partial charge is 0.460 e. The molecule has 0 atom stereocenters. The lowest BCUT2D eigenvalue weighted by atomic mass is 10.0. The van der Waals surface area contributed by atoms with Gasteiger partial charge in [0.05, 0.1) is 5.69 Å². The zero-order valence-electron chi connectivity index (χ0n) is 11.7. The highest BCUT2D eigenvalue weighted by atomic mass is 19.4. The maximum Gasteiger partial charge on any atom is 0.460 e. The fourth-order valence-corrected chi connectivity index (χ4v) is 1.48. The molecule has 0 aliphatic carbocycles. The zero-order chi connectivity index (χ0) is 21.8. The average Bonchev–Trinajstić information content (AvgIpc) is 2.48. The first kappa shape index (κ1) is 23.0. The van der Waals surface area contributed by atoms with Crippen LogP contribution in [-0.4, -0.2) is 30.0 Å². The predicted molar refractivity (Wildman–Crippen MR) is 55.7 cm³/mol. The molecule has 0 unspecified atom stereocenters. The molecule has 0 saturated carbocycles. The number of hydrogen-bond acceptors (Lipinski definition) is 1. The van der Waals surface area contributed by atoms with Gasteiger partial charge in [-0.1, -0.05) is 0 Å². The van der Waals surface area contributed by atoms with Crippen molar-refractivity contribution in [1.82, 2.24) is 0 Å². The minimum atomic E-state index is -7.82. The van der Waals surface area contributed by atoms with Crippen LogP contribution < -0.4 is 5.32 Å². The zero-order valence-corrected chi connectivity index (χ0v) is 11.7. The highest BCUT2D eigenvalue weighted by molar-refractivity contribution is 5.47. The maximum absolute atomic E-state index is 13.3. The number of anilines is 1. The molecule has 1 aromatic rings. The summed E-state index contributed by atoms with van der Waals surface area (Å²) in [6.45, 7) is 0. The predicted octanol–water partition coefficient (Wildman–Crippen LogP) is 5.72. The molecule has 1 nitrogen and oxygen atoms in total. The summed E-state index contributed by atoms with van der Waals surface area (Å²) in [4.78, 5) is 0. The van der Waals surface area contributed by atoms with Crippen molar-refractivity contribution in [3.63, 3.8) is 0 Å². The van der Waals surface area contributed by atoms with Gasteiger partial charge in [0.1, 0.15) is 0 Å². The summed E-state index contributed by atoms with van der Waals surface area (Å²) in [7, 11) is 0. The van der Waals surface area contributed by atoms with Gasteiger partial charge in [0, 0.05) is 6.07 Å². The molecule has 0 aliphatic heterocycles.